The predicted octanol–water partition coefficient (Wildman–Crippen LogP) is 2.79. The molecule has 4 heteroatoms. The molecule has 0 bridgehead atoms. The van der Waals surface area contributed by atoms with E-state index in [-0.39, 0.29) is 12.1 Å². The maximum atomic E-state index is 5.93. The van der Waals surface area contributed by atoms with Crippen LogP contribution >= 0.6 is 0 Å². The lowest BCUT2D eigenvalue weighted by molar-refractivity contribution is 0.0178. The van der Waals surface area contributed by atoms with Crippen molar-refractivity contribution in [2.45, 2.75) is 45.3 Å². The van der Waals surface area contributed by atoms with Crippen LogP contribution in [0, 0.1) is 5.92 Å². The van der Waals surface area contributed by atoms with E-state index in [0.29, 0.717) is 12.5 Å². The molecule has 20 heavy (non-hydrogen) atoms. The molecule has 2 atom stereocenters. The first-order chi connectivity index (χ1) is 9.81. The first kappa shape index (κ1) is 15.3. The number of para-hydroxylation sites is 1. The van der Waals surface area contributed by atoms with Gasteiger partial charge < -0.3 is 9.47 Å². The van der Waals surface area contributed by atoms with Gasteiger partial charge in [0.2, 0.25) is 0 Å². The standard InChI is InChI=1S/C16H26N2O2/c1-3-11-20-14-8-6-5-7-13(14)15(18-17)16(19-4-2)12-9-10-12/h5-8,12,15-16,18H,3-4,9-11,17H2,1-2H3. The molecule has 1 aromatic carbocycles. The van der Waals surface area contributed by atoms with Crippen LogP contribution in [-0.2, 0) is 4.74 Å². The summed E-state index contributed by atoms with van der Waals surface area (Å²) in [5.41, 5.74) is 4.03. The topological polar surface area (TPSA) is 56.5 Å². The van der Waals surface area contributed by atoms with Crippen LogP contribution in [0.5, 0.6) is 5.75 Å². The lowest BCUT2D eigenvalue weighted by Crippen LogP contribution is -2.39. The van der Waals surface area contributed by atoms with Crippen molar-refractivity contribution in [1.29, 1.82) is 0 Å². The van der Waals surface area contributed by atoms with E-state index >= 15 is 0 Å². The molecule has 1 aliphatic rings. The van der Waals surface area contributed by atoms with Gasteiger partial charge in [0.25, 0.3) is 0 Å². The number of nitrogens with two attached hydrogens (primary N) is 1. The summed E-state index contributed by atoms with van der Waals surface area (Å²) in [6.45, 7) is 5.56. The average Bonchev–Trinajstić information content (AvgIpc) is 3.30. The molecule has 1 fully saturated rings. The Bertz CT molecular complexity index is 407. The summed E-state index contributed by atoms with van der Waals surface area (Å²) in [5, 5.41) is 0. The normalized spacial score (nSPS) is 17.8. The van der Waals surface area contributed by atoms with Crippen LogP contribution in [0.25, 0.3) is 0 Å². The highest BCUT2D eigenvalue weighted by molar-refractivity contribution is 5.37. The molecule has 0 radical (unpaired) electrons. The minimum absolute atomic E-state index is 0.0180. The monoisotopic (exact) mass is 278 g/mol. The van der Waals surface area contributed by atoms with Crippen molar-refractivity contribution in [2.75, 3.05) is 13.2 Å². The SMILES string of the molecule is CCCOc1ccccc1C(NN)C(OCC)C1CC1. The lowest BCUT2D eigenvalue weighted by Gasteiger charge is -2.28. The summed E-state index contributed by atoms with van der Waals surface area (Å²) in [4.78, 5) is 0. The van der Waals surface area contributed by atoms with Crippen molar-refractivity contribution in [2.24, 2.45) is 11.8 Å². The Morgan fingerprint density at radius 3 is 2.65 bits per heavy atom. The molecule has 0 heterocycles. The van der Waals surface area contributed by atoms with Gasteiger partial charge in [0.15, 0.2) is 0 Å². The highest BCUT2D eigenvalue weighted by Crippen LogP contribution is 2.41. The minimum Gasteiger partial charge on any atom is -0.493 e. The smallest absolute Gasteiger partial charge is 0.124 e. The molecule has 2 rings (SSSR count). The molecular weight excluding hydrogens is 252 g/mol. The molecule has 0 aliphatic heterocycles. The second kappa shape index (κ2) is 7.62. The fourth-order valence-electron chi connectivity index (χ4n) is 2.56. The zero-order valence-corrected chi connectivity index (χ0v) is 12.5. The molecular formula is C16H26N2O2. The molecule has 112 valence electrons. The van der Waals surface area contributed by atoms with Crippen LogP contribution in [-0.4, -0.2) is 19.3 Å². The van der Waals surface area contributed by atoms with E-state index in [9.17, 15) is 0 Å². The van der Waals surface area contributed by atoms with Gasteiger partial charge in [-0.3, -0.25) is 11.3 Å². The van der Waals surface area contributed by atoms with Gasteiger partial charge in [0.1, 0.15) is 5.75 Å². The van der Waals surface area contributed by atoms with Crippen molar-refractivity contribution < 1.29 is 9.47 Å². The summed E-state index contributed by atoms with van der Waals surface area (Å²) in [6.07, 6.45) is 3.56. The zero-order chi connectivity index (χ0) is 14.4. The van der Waals surface area contributed by atoms with E-state index in [1.54, 1.807) is 0 Å². The third-order valence-electron chi connectivity index (χ3n) is 3.67. The number of hydrogen-bond acceptors (Lipinski definition) is 4. The second-order valence-corrected chi connectivity index (χ2v) is 5.29. The van der Waals surface area contributed by atoms with Gasteiger partial charge in [-0.1, -0.05) is 25.1 Å². The molecule has 4 nitrogen and oxygen atoms in total. The van der Waals surface area contributed by atoms with Gasteiger partial charge in [0, 0.05) is 12.2 Å². The van der Waals surface area contributed by atoms with E-state index in [2.05, 4.69) is 18.4 Å². The number of hydrazine groups is 1. The van der Waals surface area contributed by atoms with Crippen LogP contribution in [0.15, 0.2) is 24.3 Å². The third kappa shape index (κ3) is 3.72. The summed E-state index contributed by atoms with van der Waals surface area (Å²) >= 11 is 0. The largest absolute Gasteiger partial charge is 0.493 e. The van der Waals surface area contributed by atoms with Gasteiger partial charge in [-0.2, -0.15) is 0 Å². The van der Waals surface area contributed by atoms with Gasteiger partial charge in [-0.15, -0.1) is 0 Å². The highest BCUT2D eigenvalue weighted by Gasteiger charge is 2.38. The molecule has 0 aromatic heterocycles. The molecule has 0 amide bonds. The average molecular weight is 278 g/mol. The Labute approximate surface area is 121 Å². The van der Waals surface area contributed by atoms with Crippen LogP contribution in [0.3, 0.4) is 0 Å². The maximum Gasteiger partial charge on any atom is 0.124 e. The van der Waals surface area contributed by atoms with E-state index in [1.165, 1.54) is 12.8 Å². The fraction of sp³-hybridized carbons (Fsp3) is 0.625. The van der Waals surface area contributed by atoms with Crippen LogP contribution < -0.4 is 16.0 Å². The Kier molecular flexibility index (Phi) is 5.83. The first-order valence-electron chi connectivity index (χ1n) is 7.61. The summed E-state index contributed by atoms with van der Waals surface area (Å²) in [5.74, 6) is 7.33. The Hall–Kier alpha value is -1.10. The quantitative estimate of drug-likeness (QED) is 0.539. The van der Waals surface area contributed by atoms with E-state index in [4.69, 9.17) is 15.3 Å². The third-order valence-corrected chi connectivity index (χ3v) is 3.67. The second-order valence-electron chi connectivity index (χ2n) is 5.29. The predicted molar refractivity (Wildman–Crippen MR) is 80.4 cm³/mol. The Morgan fingerprint density at radius 2 is 2.05 bits per heavy atom. The van der Waals surface area contributed by atoms with E-state index < -0.39 is 0 Å². The van der Waals surface area contributed by atoms with Crippen molar-refractivity contribution in [3.63, 3.8) is 0 Å². The number of benzene rings is 1. The maximum absolute atomic E-state index is 5.93. The highest BCUT2D eigenvalue weighted by atomic mass is 16.5. The molecule has 3 N–H and O–H groups in total. The van der Waals surface area contributed by atoms with Crippen molar-refractivity contribution >= 4 is 0 Å². The van der Waals surface area contributed by atoms with Crippen molar-refractivity contribution in [3.8, 4) is 5.75 Å². The first-order valence-corrected chi connectivity index (χ1v) is 7.61. The van der Waals surface area contributed by atoms with Gasteiger partial charge in [0.05, 0.1) is 18.8 Å². The Balaban J connectivity index is 2.20. The summed E-state index contributed by atoms with van der Waals surface area (Å²) in [7, 11) is 0. The summed E-state index contributed by atoms with van der Waals surface area (Å²) < 4.78 is 11.8. The summed E-state index contributed by atoms with van der Waals surface area (Å²) in [6, 6.07) is 8.08. The number of rotatable bonds is 9. The van der Waals surface area contributed by atoms with Gasteiger partial charge >= 0.3 is 0 Å². The van der Waals surface area contributed by atoms with E-state index in [1.807, 2.05) is 25.1 Å². The minimum atomic E-state index is -0.0180. The fourth-order valence-corrected chi connectivity index (χ4v) is 2.56. The van der Waals surface area contributed by atoms with Crippen molar-refractivity contribution in [3.05, 3.63) is 29.8 Å². The number of hydrogen-bond donors (Lipinski definition) is 2. The van der Waals surface area contributed by atoms with Crippen molar-refractivity contribution in [1.82, 2.24) is 5.43 Å². The van der Waals surface area contributed by atoms with E-state index in [0.717, 1.165) is 24.3 Å². The number of nitrogens with one attached hydrogen (secondary N) is 1. The van der Waals surface area contributed by atoms with Crippen LogP contribution in [0.1, 0.15) is 44.7 Å². The Morgan fingerprint density at radius 1 is 1.30 bits per heavy atom. The van der Waals surface area contributed by atoms with Crippen LogP contribution in [0.4, 0.5) is 0 Å². The molecule has 0 spiro atoms. The number of ether oxygens (including phenoxy) is 2. The van der Waals surface area contributed by atoms with Gasteiger partial charge in [-0.25, -0.2) is 0 Å². The zero-order valence-electron chi connectivity index (χ0n) is 12.5. The molecule has 1 saturated carbocycles. The molecule has 1 aliphatic carbocycles. The lowest BCUT2D eigenvalue weighted by atomic mass is 9.97. The van der Waals surface area contributed by atoms with Crippen LogP contribution in [0.2, 0.25) is 0 Å². The molecule has 1 aromatic rings. The molecule has 2 unspecified atom stereocenters. The van der Waals surface area contributed by atoms with Gasteiger partial charge in [-0.05, 0) is 38.2 Å². The molecule has 0 saturated heterocycles.